The van der Waals surface area contributed by atoms with Gasteiger partial charge < -0.3 is 29.2 Å². The quantitative estimate of drug-likeness (QED) is 0.311. The normalized spacial score (nSPS) is 23.7. The van der Waals surface area contributed by atoms with Crippen molar-refractivity contribution in [3.05, 3.63) is 57.6 Å². The molecule has 2 N–H and O–H groups in total. The number of hydrogen-bond donors (Lipinski definition) is 2. The van der Waals surface area contributed by atoms with Crippen LogP contribution in [0.5, 0.6) is 11.5 Å². The molecule has 2 aromatic carbocycles. The van der Waals surface area contributed by atoms with Crippen molar-refractivity contribution in [3.63, 3.8) is 0 Å². The van der Waals surface area contributed by atoms with E-state index in [0.29, 0.717) is 37.9 Å². The van der Waals surface area contributed by atoms with E-state index in [1.165, 1.54) is 11.1 Å². The standard InChI is InChI=1S/C35H52O6/c1-9-33(5,6)27-17-25(15-23(3)31(27)36)11-13-29-38-19-35(20-39-29)21-40-30(41-22-35)14-12-26-16-24(4)32(37)28(18-26)34(7,8)10-2/h15-18,29-30,36-37H,9-14,19-22H2,1-8H3. The number of phenols is 2. The molecule has 4 rings (SSSR count). The third kappa shape index (κ3) is 7.27. The molecule has 2 aromatic rings. The van der Waals surface area contributed by atoms with Crippen molar-refractivity contribution in [2.24, 2.45) is 5.41 Å². The van der Waals surface area contributed by atoms with E-state index in [1.807, 2.05) is 13.8 Å². The van der Waals surface area contributed by atoms with Crippen molar-refractivity contribution >= 4 is 0 Å². The van der Waals surface area contributed by atoms with Crippen LogP contribution in [-0.2, 0) is 42.6 Å². The molecule has 0 aromatic heterocycles. The molecule has 41 heavy (non-hydrogen) atoms. The van der Waals surface area contributed by atoms with Gasteiger partial charge in [-0.2, -0.15) is 0 Å². The maximum atomic E-state index is 10.6. The van der Waals surface area contributed by atoms with E-state index in [-0.39, 0.29) is 28.8 Å². The molecule has 0 unspecified atom stereocenters. The SMILES string of the molecule is CCC(C)(C)c1cc(CCC2OCC3(CO2)COC(CCc2cc(C)c(O)c(C(C)(C)CC)c2)OC3)cc(C)c1O. The van der Waals surface area contributed by atoms with E-state index in [0.717, 1.165) is 60.8 Å². The Hall–Kier alpha value is -2.12. The smallest absolute Gasteiger partial charge is 0.157 e. The highest BCUT2D eigenvalue weighted by atomic mass is 16.7. The molecule has 0 bridgehead atoms. The number of phenolic OH excluding ortho intramolecular Hbond substituents is 2. The lowest BCUT2D eigenvalue weighted by Gasteiger charge is -2.43. The first kappa shape index (κ1) is 31.8. The summed E-state index contributed by atoms with van der Waals surface area (Å²) in [6, 6.07) is 8.43. The Balaban J connectivity index is 1.25. The van der Waals surface area contributed by atoms with Crippen LogP contribution >= 0.6 is 0 Å². The first-order valence-electron chi connectivity index (χ1n) is 15.4. The van der Waals surface area contributed by atoms with Crippen LogP contribution in [-0.4, -0.2) is 49.2 Å². The van der Waals surface area contributed by atoms with Gasteiger partial charge in [0, 0.05) is 24.0 Å². The van der Waals surface area contributed by atoms with Crippen LogP contribution in [0.4, 0.5) is 0 Å². The van der Waals surface area contributed by atoms with E-state index in [4.69, 9.17) is 18.9 Å². The van der Waals surface area contributed by atoms with Crippen molar-refractivity contribution in [1.82, 2.24) is 0 Å². The van der Waals surface area contributed by atoms with E-state index < -0.39 is 0 Å². The largest absolute Gasteiger partial charge is 0.507 e. The van der Waals surface area contributed by atoms with Crippen molar-refractivity contribution in [2.45, 2.75) is 117 Å². The zero-order chi connectivity index (χ0) is 30.0. The van der Waals surface area contributed by atoms with Gasteiger partial charge in [0.05, 0.1) is 31.8 Å². The van der Waals surface area contributed by atoms with Crippen molar-refractivity contribution in [1.29, 1.82) is 0 Å². The molecule has 0 saturated carbocycles. The summed E-state index contributed by atoms with van der Waals surface area (Å²) in [7, 11) is 0. The van der Waals surface area contributed by atoms with Gasteiger partial charge in [-0.1, -0.05) is 65.8 Å². The van der Waals surface area contributed by atoms with Crippen molar-refractivity contribution in [2.75, 3.05) is 26.4 Å². The Bertz CT molecular complexity index is 1090. The van der Waals surface area contributed by atoms with Gasteiger partial charge in [0.1, 0.15) is 11.5 Å². The van der Waals surface area contributed by atoms with Crippen LogP contribution in [0.25, 0.3) is 0 Å². The minimum absolute atomic E-state index is 0.0776. The summed E-state index contributed by atoms with van der Waals surface area (Å²) in [5, 5.41) is 21.3. The Morgan fingerprint density at radius 3 is 1.32 bits per heavy atom. The molecule has 1 spiro atoms. The molecule has 2 fully saturated rings. The highest BCUT2D eigenvalue weighted by molar-refractivity contribution is 5.47. The summed E-state index contributed by atoms with van der Waals surface area (Å²) in [5.41, 5.74) is 5.83. The monoisotopic (exact) mass is 568 g/mol. The van der Waals surface area contributed by atoms with Crippen molar-refractivity contribution in [3.8, 4) is 11.5 Å². The lowest BCUT2D eigenvalue weighted by Crippen LogP contribution is -2.52. The van der Waals surface area contributed by atoms with Gasteiger partial charge in [0.25, 0.3) is 0 Å². The average molecular weight is 569 g/mol. The molecule has 2 saturated heterocycles. The lowest BCUT2D eigenvalue weighted by molar-refractivity contribution is -0.303. The van der Waals surface area contributed by atoms with E-state index in [2.05, 4.69) is 65.8 Å². The van der Waals surface area contributed by atoms with Crippen LogP contribution < -0.4 is 0 Å². The number of benzene rings is 2. The second-order valence-electron chi connectivity index (χ2n) is 13.8. The first-order chi connectivity index (χ1) is 19.3. The molecular weight excluding hydrogens is 516 g/mol. The third-order valence-electron chi connectivity index (χ3n) is 9.59. The van der Waals surface area contributed by atoms with Gasteiger partial charge in [-0.05, 0) is 72.6 Å². The predicted molar refractivity (Wildman–Crippen MR) is 163 cm³/mol. The van der Waals surface area contributed by atoms with Crippen molar-refractivity contribution < 1.29 is 29.2 Å². The average Bonchev–Trinajstić information content (AvgIpc) is 2.95. The van der Waals surface area contributed by atoms with Crippen LogP contribution in [0.3, 0.4) is 0 Å². The molecule has 0 atom stereocenters. The summed E-state index contributed by atoms with van der Waals surface area (Å²) in [4.78, 5) is 0. The van der Waals surface area contributed by atoms with E-state index in [1.54, 1.807) is 0 Å². The van der Waals surface area contributed by atoms with Crippen LogP contribution in [0.15, 0.2) is 24.3 Å². The van der Waals surface area contributed by atoms with Gasteiger partial charge in [0.15, 0.2) is 12.6 Å². The molecule has 6 nitrogen and oxygen atoms in total. The number of ether oxygens (including phenoxy) is 4. The third-order valence-corrected chi connectivity index (χ3v) is 9.59. The maximum Gasteiger partial charge on any atom is 0.157 e. The minimum atomic E-state index is -0.270. The second-order valence-corrected chi connectivity index (χ2v) is 13.8. The Morgan fingerprint density at radius 2 is 1.00 bits per heavy atom. The van der Waals surface area contributed by atoms with Crippen LogP contribution in [0.1, 0.15) is 101 Å². The molecule has 228 valence electrons. The minimum Gasteiger partial charge on any atom is -0.507 e. The first-order valence-corrected chi connectivity index (χ1v) is 15.4. The highest BCUT2D eigenvalue weighted by Gasteiger charge is 2.42. The fourth-order valence-corrected chi connectivity index (χ4v) is 5.74. The fourth-order valence-electron chi connectivity index (χ4n) is 5.74. The number of hydrogen-bond acceptors (Lipinski definition) is 6. The Morgan fingerprint density at radius 1 is 0.659 bits per heavy atom. The number of rotatable bonds is 10. The summed E-state index contributed by atoms with van der Waals surface area (Å²) >= 11 is 0. The predicted octanol–water partition coefficient (Wildman–Crippen LogP) is 7.39. The summed E-state index contributed by atoms with van der Waals surface area (Å²) < 4.78 is 24.6. The summed E-state index contributed by atoms with van der Waals surface area (Å²) in [6.45, 7) is 19.2. The topological polar surface area (TPSA) is 77.4 Å². The van der Waals surface area contributed by atoms with E-state index >= 15 is 0 Å². The number of aryl methyl sites for hydroxylation is 4. The Kier molecular flexibility index (Phi) is 9.80. The second kappa shape index (κ2) is 12.6. The zero-order valence-electron chi connectivity index (χ0n) is 26.6. The molecule has 0 aliphatic carbocycles. The number of aromatic hydroxyl groups is 2. The summed E-state index contributed by atoms with van der Waals surface area (Å²) in [5.74, 6) is 0.818. The molecule has 6 heteroatoms. The van der Waals surface area contributed by atoms with E-state index in [9.17, 15) is 10.2 Å². The zero-order valence-corrected chi connectivity index (χ0v) is 26.6. The van der Waals surface area contributed by atoms with Crippen LogP contribution in [0.2, 0.25) is 0 Å². The van der Waals surface area contributed by atoms with Crippen LogP contribution in [0, 0.1) is 19.3 Å². The Labute approximate surface area is 247 Å². The molecule has 2 heterocycles. The van der Waals surface area contributed by atoms with Gasteiger partial charge in [-0.3, -0.25) is 0 Å². The lowest BCUT2D eigenvalue weighted by atomic mass is 9.80. The van der Waals surface area contributed by atoms with Gasteiger partial charge in [0.2, 0.25) is 0 Å². The molecule has 2 aliphatic rings. The fraction of sp³-hybridized carbons (Fsp3) is 0.657. The molecular formula is C35H52O6. The summed E-state index contributed by atoms with van der Waals surface area (Å²) in [6.07, 6.45) is 4.59. The highest BCUT2D eigenvalue weighted by Crippen LogP contribution is 2.39. The molecule has 0 radical (unpaired) electrons. The molecule has 2 aliphatic heterocycles. The van der Waals surface area contributed by atoms with Gasteiger partial charge in [-0.25, -0.2) is 0 Å². The van der Waals surface area contributed by atoms with Gasteiger partial charge >= 0.3 is 0 Å². The van der Waals surface area contributed by atoms with Gasteiger partial charge in [-0.15, -0.1) is 0 Å². The molecule has 0 amide bonds. The maximum absolute atomic E-state index is 10.6.